The van der Waals surface area contributed by atoms with Gasteiger partial charge in [0.2, 0.25) is 6.29 Å². The second kappa shape index (κ2) is 16.9. The minimum absolute atomic E-state index is 0.115. The van der Waals surface area contributed by atoms with Crippen LogP contribution in [0.1, 0.15) is 113 Å². The molecule has 18 heteroatoms. The van der Waals surface area contributed by atoms with Crippen molar-refractivity contribution in [2.45, 2.75) is 211 Å². The van der Waals surface area contributed by atoms with Crippen LogP contribution in [0.4, 0.5) is 0 Å². The molecule has 0 amide bonds. The molecule has 65 heavy (non-hydrogen) atoms. The number of carboxylic acids is 1. The van der Waals surface area contributed by atoms with E-state index in [0.717, 1.165) is 31.3 Å². The molecule has 23 atom stereocenters. The molecular weight excluding hydrogens is 852 g/mol. The maximum atomic E-state index is 15.1. The summed E-state index contributed by atoms with van der Waals surface area (Å²) >= 11 is 0. The highest BCUT2D eigenvalue weighted by Crippen LogP contribution is 2.76. The Kier molecular flexibility index (Phi) is 12.9. The lowest BCUT2D eigenvalue weighted by Gasteiger charge is -2.71. The van der Waals surface area contributed by atoms with Gasteiger partial charge < -0.3 is 79.5 Å². The van der Waals surface area contributed by atoms with Crippen molar-refractivity contribution in [3.05, 3.63) is 11.6 Å². The van der Waals surface area contributed by atoms with Crippen molar-refractivity contribution in [3.63, 3.8) is 0 Å². The van der Waals surface area contributed by atoms with Crippen molar-refractivity contribution in [2.24, 2.45) is 50.2 Å². The zero-order valence-electron chi connectivity index (χ0n) is 38.9. The lowest BCUT2D eigenvalue weighted by atomic mass is 9.33. The lowest BCUT2D eigenvalue weighted by molar-refractivity contribution is -0.350. The molecule has 4 saturated carbocycles. The van der Waals surface area contributed by atoms with Crippen LogP contribution in [0.25, 0.3) is 0 Å². The van der Waals surface area contributed by atoms with Gasteiger partial charge in [-0.3, -0.25) is 4.79 Å². The molecule has 7 fully saturated rings. The van der Waals surface area contributed by atoms with Crippen LogP contribution in [0, 0.1) is 50.2 Å². The minimum Gasteiger partial charge on any atom is -0.479 e. The normalized spacial score (nSPS) is 53.9. The molecule has 0 bridgehead atoms. The fourth-order valence-corrected chi connectivity index (χ4v) is 14.8. The van der Waals surface area contributed by atoms with Gasteiger partial charge in [-0.2, -0.15) is 0 Å². The number of carbonyl (C=O) groups excluding carboxylic acids is 1. The van der Waals surface area contributed by atoms with E-state index in [1.807, 2.05) is 0 Å². The third kappa shape index (κ3) is 7.58. The predicted molar refractivity (Wildman–Crippen MR) is 225 cm³/mol. The molecule has 3 saturated heterocycles. The van der Waals surface area contributed by atoms with Crippen LogP contribution < -0.4 is 0 Å². The van der Waals surface area contributed by atoms with Crippen molar-refractivity contribution in [1.29, 1.82) is 0 Å². The summed E-state index contributed by atoms with van der Waals surface area (Å²) in [5, 5.41) is 107. The summed E-state index contributed by atoms with van der Waals surface area (Å²) < 4.78 is 35.5. The highest BCUT2D eigenvalue weighted by Gasteiger charge is 2.72. The van der Waals surface area contributed by atoms with Gasteiger partial charge in [0.1, 0.15) is 54.2 Å². The molecule has 0 aromatic carbocycles. The third-order valence-electron chi connectivity index (χ3n) is 18.9. The van der Waals surface area contributed by atoms with Crippen LogP contribution in [0.5, 0.6) is 0 Å². The van der Waals surface area contributed by atoms with Crippen LogP contribution in [0.2, 0.25) is 0 Å². The first kappa shape index (κ1) is 49.5. The SMILES string of the molecule is C[C@@H]1O[C@@H](O[C@H]2[C@H](OC(=O)[C@]34CCC(C)(C)C[C@H]3C3=CC[C@@H]5[C@@]6(C)CC[C@H](O[C@@H]7O[C@H](C(=O)O)[C@@H](O)[C@H](O)[C@H]7O)C(C)(C)[C@@H]6CC[C@@]5(C)[C@]3(C)C[C@H]4O)OC[C@H](O)[C@@H]2O)[C@H](O)[C@H](O)[C@H]1O. The number of aliphatic carboxylic acids is 1. The summed E-state index contributed by atoms with van der Waals surface area (Å²) in [6.07, 6.45) is -16.0. The molecule has 10 N–H and O–H groups in total. The minimum atomic E-state index is -1.82. The molecule has 8 rings (SSSR count). The monoisotopic (exact) mass is 926 g/mol. The average molecular weight is 927 g/mol. The van der Waals surface area contributed by atoms with Gasteiger partial charge >= 0.3 is 11.9 Å². The van der Waals surface area contributed by atoms with E-state index in [2.05, 4.69) is 54.5 Å². The second-order valence-electron chi connectivity index (χ2n) is 23.1. The summed E-state index contributed by atoms with van der Waals surface area (Å²) in [5.41, 5.74) is -2.07. The van der Waals surface area contributed by atoms with Crippen molar-refractivity contribution in [2.75, 3.05) is 6.61 Å². The maximum absolute atomic E-state index is 15.1. The quantitative estimate of drug-likeness (QED) is 0.0963. The first-order chi connectivity index (χ1) is 30.2. The van der Waals surface area contributed by atoms with Gasteiger partial charge in [0, 0.05) is 0 Å². The molecular formula is C47H74O18. The first-order valence-corrected chi connectivity index (χ1v) is 23.7. The Morgan fingerprint density at radius 2 is 1.34 bits per heavy atom. The van der Waals surface area contributed by atoms with E-state index in [9.17, 15) is 55.9 Å². The van der Waals surface area contributed by atoms with Crippen molar-refractivity contribution in [3.8, 4) is 0 Å². The van der Waals surface area contributed by atoms with E-state index in [1.165, 1.54) is 6.92 Å². The van der Waals surface area contributed by atoms with Gasteiger partial charge in [0.05, 0.1) is 24.9 Å². The first-order valence-electron chi connectivity index (χ1n) is 23.7. The largest absolute Gasteiger partial charge is 0.479 e. The fraction of sp³-hybridized carbons (Fsp3) is 0.915. The van der Waals surface area contributed by atoms with Gasteiger partial charge in [-0.05, 0) is 110 Å². The van der Waals surface area contributed by atoms with E-state index in [1.54, 1.807) is 0 Å². The van der Waals surface area contributed by atoms with Gasteiger partial charge in [0.25, 0.3) is 0 Å². The van der Waals surface area contributed by atoms with Gasteiger partial charge in [0.15, 0.2) is 24.8 Å². The van der Waals surface area contributed by atoms with E-state index < -0.39 is 139 Å². The molecule has 0 aromatic rings. The third-order valence-corrected chi connectivity index (χ3v) is 18.9. The standard InChI is InChI=1S/C47H74O18/c1-20-28(50)30(52)33(55)38(61-20)64-36-29(51)23(48)19-60-40(36)65-41(59)47-16-15-42(2,3)17-22(47)21-9-10-25-44(6)13-12-27(62-39-34(56)31(53)32(54)35(63-39)37(57)58)43(4,5)24(44)11-14-45(25,7)46(21,8)18-26(47)49/h9,20,22-36,38-40,48-56H,10-19H2,1-8H3,(H,57,58)/t20-,22-,23-,24-,25+,26+,27-,28-,29-,30+,31-,32-,33+,34+,35-,36+,38-,39+,40-,44-,45+,46+,47+/m0/s1. The number of ether oxygens (including phenoxy) is 6. The van der Waals surface area contributed by atoms with Crippen molar-refractivity contribution >= 4 is 11.9 Å². The van der Waals surface area contributed by atoms with E-state index >= 15 is 4.79 Å². The number of rotatable bonds is 7. The Balaban J connectivity index is 1.06. The summed E-state index contributed by atoms with van der Waals surface area (Å²) in [5.74, 6) is -2.36. The molecule has 0 spiro atoms. The highest BCUT2D eigenvalue weighted by atomic mass is 16.8. The van der Waals surface area contributed by atoms with Crippen LogP contribution in [0.3, 0.4) is 0 Å². The number of allylic oxidation sites excluding steroid dienone is 2. The molecule has 5 aliphatic carbocycles. The van der Waals surface area contributed by atoms with Gasteiger partial charge in [-0.1, -0.05) is 60.1 Å². The maximum Gasteiger partial charge on any atom is 0.335 e. The van der Waals surface area contributed by atoms with Crippen LogP contribution in [-0.2, 0) is 38.0 Å². The van der Waals surface area contributed by atoms with Crippen LogP contribution >= 0.6 is 0 Å². The van der Waals surface area contributed by atoms with E-state index in [4.69, 9.17) is 28.4 Å². The number of hydrogen-bond donors (Lipinski definition) is 10. The van der Waals surface area contributed by atoms with Crippen LogP contribution in [-0.4, -0.2) is 168 Å². The van der Waals surface area contributed by atoms with Gasteiger partial charge in [-0.15, -0.1) is 0 Å². The number of carbonyl (C=O) groups is 2. The van der Waals surface area contributed by atoms with E-state index in [-0.39, 0.29) is 34.5 Å². The molecule has 0 radical (unpaired) electrons. The average Bonchev–Trinajstić information content (AvgIpc) is 3.22. The summed E-state index contributed by atoms with van der Waals surface area (Å²) in [6, 6.07) is 0. The lowest BCUT2D eigenvalue weighted by Crippen LogP contribution is -2.68. The van der Waals surface area contributed by atoms with Crippen molar-refractivity contribution < 1.29 is 89.1 Å². The number of aliphatic hydroxyl groups excluding tert-OH is 9. The Bertz CT molecular complexity index is 1840. The Morgan fingerprint density at radius 3 is 2.00 bits per heavy atom. The fourth-order valence-electron chi connectivity index (χ4n) is 14.8. The Labute approximate surface area is 380 Å². The topological polar surface area (TPSA) is 292 Å². The molecule has 3 aliphatic heterocycles. The summed E-state index contributed by atoms with van der Waals surface area (Å²) in [6.45, 7) is 16.6. The number of esters is 1. The summed E-state index contributed by atoms with van der Waals surface area (Å²) in [7, 11) is 0. The molecule has 0 unspecified atom stereocenters. The molecule has 18 nitrogen and oxygen atoms in total. The number of aliphatic hydroxyl groups is 9. The molecule has 8 aliphatic rings. The smallest absolute Gasteiger partial charge is 0.335 e. The summed E-state index contributed by atoms with van der Waals surface area (Å²) in [4.78, 5) is 26.9. The predicted octanol–water partition coefficient (Wildman–Crippen LogP) is 0.870. The number of carboxylic acid groups (broad SMARTS) is 1. The molecule has 370 valence electrons. The Morgan fingerprint density at radius 1 is 0.692 bits per heavy atom. The van der Waals surface area contributed by atoms with Gasteiger partial charge in [-0.25, -0.2) is 4.79 Å². The number of fused-ring (bicyclic) bond motifs is 7. The highest BCUT2D eigenvalue weighted by molar-refractivity contribution is 5.80. The van der Waals surface area contributed by atoms with E-state index in [0.29, 0.717) is 25.7 Å². The van der Waals surface area contributed by atoms with Crippen LogP contribution in [0.15, 0.2) is 11.6 Å². The zero-order valence-corrected chi connectivity index (χ0v) is 38.9. The van der Waals surface area contributed by atoms with Crippen molar-refractivity contribution in [1.82, 2.24) is 0 Å². The second-order valence-corrected chi connectivity index (χ2v) is 23.1. The molecule has 0 aromatic heterocycles. The molecule has 3 heterocycles. The zero-order chi connectivity index (χ0) is 47.7. The number of hydrogen-bond acceptors (Lipinski definition) is 17. The Hall–Kier alpha value is -1.88.